The van der Waals surface area contributed by atoms with Gasteiger partial charge >= 0.3 is 0 Å². The topological polar surface area (TPSA) is 34.1 Å². The van der Waals surface area contributed by atoms with Gasteiger partial charge in [-0.1, -0.05) is 22.0 Å². The van der Waals surface area contributed by atoms with Crippen molar-refractivity contribution in [1.82, 2.24) is 0 Å². The molecule has 1 rings (SSSR count). The zero-order chi connectivity index (χ0) is 10.9. The molecule has 0 aliphatic rings. The lowest BCUT2D eigenvalue weighted by Gasteiger charge is -2.10. The van der Waals surface area contributed by atoms with Gasteiger partial charge in [0.15, 0.2) is 6.29 Å². The van der Waals surface area contributed by atoms with Gasteiger partial charge in [-0.3, -0.25) is 9.59 Å². The van der Waals surface area contributed by atoms with E-state index in [0.29, 0.717) is 11.8 Å². The monoisotopic (exact) mass is 254 g/mol. The quantitative estimate of drug-likeness (QED) is 0.462. The molecule has 0 aliphatic carbocycles. The number of Topliss-reactive ketones (excluding diaryl/α,β-unsaturated/α-hetero) is 1. The Bertz CT molecular complexity index is 408. The third-order valence-electron chi connectivity index (χ3n) is 2.23. The second-order valence-corrected chi connectivity index (χ2v) is 4.10. The summed E-state index contributed by atoms with van der Waals surface area (Å²) in [7, 11) is 0. The molecule has 0 bridgehead atoms. The fourth-order valence-electron chi connectivity index (χ4n) is 1.60. The maximum absolute atomic E-state index is 11.3. The first-order chi connectivity index (χ1) is 6.49. The number of hydrogen-bond donors (Lipinski definition) is 0. The molecule has 0 spiro atoms. The van der Waals surface area contributed by atoms with Crippen molar-refractivity contribution in [1.29, 1.82) is 0 Å². The molecule has 1 aromatic rings. The first-order valence-corrected chi connectivity index (χ1v) is 5.04. The van der Waals surface area contributed by atoms with E-state index in [1.165, 1.54) is 0 Å². The van der Waals surface area contributed by atoms with Crippen LogP contribution in [0.2, 0.25) is 0 Å². The van der Waals surface area contributed by atoms with Crippen molar-refractivity contribution in [2.75, 3.05) is 0 Å². The van der Waals surface area contributed by atoms with Crippen LogP contribution >= 0.6 is 15.9 Å². The smallest absolute Gasteiger partial charge is 0.225 e. The van der Waals surface area contributed by atoms with E-state index >= 15 is 0 Å². The molecule has 2 nitrogen and oxygen atoms in total. The molecular weight excluding hydrogens is 244 g/mol. The van der Waals surface area contributed by atoms with E-state index < -0.39 is 5.78 Å². The summed E-state index contributed by atoms with van der Waals surface area (Å²) >= 11 is 3.39. The minimum Gasteiger partial charge on any atom is -0.294 e. The molecule has 1 aromatic carbocycles. The molecule has 0 saturated heterocycles. The van der Waals surface area contributed by atoms with Crippen molar-refractivity contribution in [2.45, 2.75) is 20.8 Å². The van der Waals surface area contributed by atoms with Gasteiger partial charge in [0.05, 0.1) is 0 Å². The summed E-state index contributed by atoms with van der Waals surface area (Å²) in [5.74, 6) is -0.458. The predicted octanol–water partition coefficient (Wildman–Crippen LogP) is 2.76. The Morgan fingerprint density at radius 2 is 1.86 bits per heavy atom. The Labute approximate surface area is 91.4 Å². The Kier molecular flexibility index (Phi) is 3.21. The van der Waals surface area contributed by atoms with Gasteiger partial charge in [0.2, 0.25) is 5.78 Å². The molecule has 0 aliphatic heterocycles. The van der Waals surface area contributed by atoms with E-state index in [2.05, 4.69) is 15.9 Å². The highest BCUT2D eigenvalue weighted by molar-refractivity contribution is 9.10. The van der Waals surface area contributed by atoms with Gasteiger partial charge < -0.3 is 0 Å². The van der Waals surface area contributed by atoms with Crippen LogP contribution in [-0.2, 0) is 4.79 Å². The SMILES string of the molecule is Cc1cc(C)c(C(=O)C=O)c(C)c1Br. The van der Waals surface area contributed by atoms with Crippen molar-refractivity contribution in [3.63, 3.8) is 0 Å². The van der Waals surface area contributed by atoms with Crippen LogP contribution in [0.3, 0.4) is 0 Å². The highest BCUT2D eigenvalue weighted by Crippen LogP contribution is 2.26. The Morgan fingerprint density at radius 1 is 1.29 bits per heavy atom. The van der Waals surface area contributed by atoms with E-state index in [4.69, 9.17) is 0 Å². The Hall–Kier alpha value is -0.960. The molecule has 14 heavy (non-hydrogen) atoms. The van der Waals surface area contributed by atoms with Gasteiger partial charge in [0.1, 0.15) is 0 Å². The zero-order valence-corrected chi connectivity index (χ0v) is 9.94. The van der Waals surface area contributed by atoms with Crippen molar-refractivity contribution < 1.29 is 9.59 Å². The second-order valence-electron chi connectivity index (χ2n) is 3.31. The van der Waals surface area contributed by atoms with Crippen molar-refractivity contribution in [3.05, 3.63) is 32.8 Å². The first-order valence-electron chi connectivity index (χ1n) is 4.24. The molecule has 0 atom stereocenters. The standard InChI is InChI=1S/C11H11BrO2/c1-6-4-7(2)11(12)8(3)10(6)9(14)5-13/h4-5H,1-3H3. The number of halogens is 1. The van der Waals surface area contributed by atoms with Gasteiger partial charge in [-0.15, -0.1) is 0 Å². The van der Waals surface area contributed by atoms with Crippen LogP contribution in [0.5, 0.6) is 0 Å². The number of benzene rings is 1. The van der Waals surface area contributed by atoms with E-state index in [1.54, 1.807) is 0 Å². The summed E-state index contributed by atoms with van der Waals surface area (Å²) in [5.41, 5.74) is 3.26. The molecule has 0 fully saturated rings. The molecule has 74 valence electrons. The largest absolute Gasteiger partial charge is 0.294 e. The molecule has 0 unspecified atom stereocenters. The summed E-state index contributed by atoms with van der Waals surface area (Å²) in [5, 5.41) is 0. The lowest BCUT2D eigenvalue weighted by atomic mass is 9.97. The average Bonchev–Trinajstić information content (AvgIpc) is 2.14. The van der Waals surface area contributed by atoms with Crippen LogP contribution in [-0.4, -0.2) is 12.1 Å². The van der Waals surface area contributed by atoms with Gasteiger partial charge in [0.25, 0.3) is 0 Å². The van der Waals surface area contributed by atoms with Gasteiger partial charge in [0, 0.05) is 10.0 Å². The summed E-state index contributed by atoms with van der Waals surface area (Å²) in [6.45, 7) is 5.63. The molecule has 0 radical (unpaired) electrons. The number of aryl methyl sites for hydroxylation is 2. The van der Waals surface area contributed by atoms with E-state index in [-0.39, 0.29) is 0 Å². The Balaban J connectivity index is 3.51. The van der Waals surface area contributed by atoms with Crippen molar-refractivity contribution in [2.24, 2.45) is 0 Å². The normalized spacial score (nSPS) is 10.0. The van der Waals surface area contributed by atoms with Gasteiger partial charge in [-0.2, -0.15) is 0 Å². The average molecular weight is 255 g/mol. The number of rotatable bonds is 2. The summed E-state index contributed by atoms with van der Waals surface area (Å²) in [6, 6.07) is 1.90. The summed E-state index contributed by atoms with van der Waals surface area (Å²) < 4.78 is 0.897. The molecule has 0 saturated carbocycles. The minimum atomic E-state index is -0.458. The number of carbonyl (C=O) groups is 2. The van der Waals surface area contributed by atoms with Crippen LogP contribution in [0.15, 0.2) is 10.5 Å². The summed E-state index contributed by atoms with van der Waals surface area (Å²) in [6.07, 6.45) is 0.358. The van der Waals surface area contributed by atoms with E-state index in [1.807, 2.05) is 26.8 Å². The van der Waals surface area contributed by atoms with Gasteiger partial charge in [-0.25, -0.2) is 0 Å². The lowest BCUT2D eigenvalue weighted by Crippen LogP contribution is -2.06. The van der Waals surface area contributed by atoms with Crippen LogP contribution in [0.4, 0.5) is 0 Å². The van der Waals surface area contributed by atoms with Crippen LogP contribution in [0, 0.1) is 20.8 Å². The molecule has 0 heterocycles. The van der Waals surface area contributed by atoms with Crippen LogP contribution in [0.1, 0.15) is 27.0 Å². The first kappa shape index (κ1) is 11.1. The number of carbonyl (C=O) groups excluding carboxylic acids is 2. The van der Waals surface area contributed by atoms with Crippen LogP contribution < -0.4 is 0 Å². The minimum absolute atomic E-state index is 0.358. The molecule has 0 aromatic heterocycles. The van der Waals surface area contributed by atoms with Crippen molar-refractivity contribution >= 4 is 28.0 Å². The maximum Gasteiger partial charge on any atom is 0.225 e. The van der Waals surface area contributed by atoms with Gasteiger partial charge in [-0.05, 0) is 37.5 Å². The fraction of sp³-hybridized carbons (Fsp3) is 0.273. The lowest BCUT2D eigenvalue weighted by molar-refractivity contribution is -0.104. The van der Waals surface area contributed by atoms with Crippen molar-refractivity contribution in [3.8, 4) is 0 Å². The fourth-order valence-corrected chi connectivity index (χ4v) is 1.91. The highest BCUT2D eigenvalue weighted by Gasteiger charge is 2.14. The van der Waals surface area contributed by atoms with Crippen LogP contribution in [0.25, 0.3) is 0 Å². The molecule has 0 amide bonds. The third kappa shape index (κ3) is 1.77. The number of hydrogen-bond acceptors (Lipinski definition) is 2. The number of aldehydes is 1. The maximum atomic E-state index is 11.3. The van der Waals surface area contributed by atoms with E-state index in [9.17, 15) is 9.59 Å². The molecule has 0 N–H and O–H groups in total. The zero-order valence-electron chi connectivity index (χ0n) is 8.35. The molecule has 3 heteroatoms. The predicted molar refractivity (Wildman–Crippen MR) is 58.7 cm³/mol. The van der Waals surface area contributed by atoms with E-state index in [0.717, 1.165) is 21.2 Å². The Morgan fingerprint density at radius 3 is 2.36 bits per heavy atom. The second kappa shape index (κ2) is 4.05. The number of ketones is 1. The summed E-state index contributed by atoms with van der Waals surface area (Å²) in [4.78, 5) is 21.8. The third-order valence-corrected chi connectivity index (χ3v) is 3.45. The highest BCUT2D eigenvalue weighted by atomic mass is 79.9. The molecular formula is C11H11BrO2.